The molecule has 1 rings (SSSR count). The highest BCUT2D eigenvalue weighted by Crippen LogP contribution is 2.24. The summed E-state index contributed by atoms with van der Waals surface area (Å²) in [7, 11) is 1.70. The van der Waals surface area contributed by atoms with Gasteiger partial charge in [-0.3, -0.25) is 0 Å². The van der Waals surface area contributed by atoms with Gasteiger partial charge in [-0.2, -0.15) is 0 Å². The first-order valence-corrected chi connectivity index (χ1v) is 6.34. The van der Waals surface area contributed by atoms with E-state index < -0.39 is 0 Å². The molecular weight excluding hydrogens is 257 g/mol. The molecule has 0 heterocycles. The van der Waals surface area contributed by atoms with E-state index in [1.807, 2.05) is 26.0 Å². The fourth-order valence-electron chi connectivity index (χ4n) is 1.76. The van der Waals surface area contributed by atoms with Crippen LogP contribution in [0.5, 0.6) is 0 Å². The molecule has 0 amide bonds. The van der Waals surface area contributed by atoms with Crippen LogP contribution in [0.3, 0.4) is 0 Å². The number of methoxy groups -OCH3 is 1. The number of halogens is 2. The fraction of sp³-hybridized carbons (Fsp3) is 0.538. The molecule has 0 aromatic heterocycles. The van der Waals surface area contributed by atoms with Gasteiger partial charge in [0.15, 0.2) is 0 Å². The van der Waals surface area contributed by atoms with Gasteiger partial charge in [0.1, 0.15) is 0 Å². The lowest BCUT2D eigenvalue weighted by atomic mass is 9.95. The second-order valence-corrected chi connectivity index (χ2v) is 5.70. The predicted octanol–water partition coefficient (Wildman–Crippen LogP) is 3.68. The molecule has 1 atom stereocenters. The van der Waals surface area contributed by atoms with Crippen molar-refractivity contribution < 1.29 is 4.74 Å². The zero-order valence-corrected chi connectivity index (χ0v) is 12.0. The molecule has 0 aliphatic heterocycles. The SMILES string of the molecule is COC(C)(C)CC(N)Cc1ccc(Cl)c(Cl)c1. The number of rotatable bonds is 5. The van der Waals surface area contributed by atoms with Gasteiger partial charge in [0, 0.05) is 13.2 Å². The molecule has 96 valence electrons. The Bertz CT molecular complexity index is 380. The van der Waals surface area contributed by atoms with Gasteiger partial charge in [-0.1, -0.05) is 29.3 Å². The molecular formula is C13H19Cl2NO. The monoisotopic (exact) mass is 275 g/mol. The maximum atomic E-state index is 6.10. The maximum Gasteiger partial charge on any atom is 0.0637 e. The first kappa shape index (κ1) is 14.8. The summed E-state index contributed by atoms with van der Waals surface area (Å²) in [5.74, 6) is 0. The van der Waals surface area contributed by atoms with E-state index in [-0.39, 0.29) is 11.6 Å². The Morgan fingerprint density at radius 1 is 1.29 bits per heavy atom. The van der Waals surface area contributed by atoms with Crippen molar-refractivity contribution in [1.29, 1.82) is 0 Å². The van der Waals surface area contributed by atoms with Gasteiger partial charge in [0.2, 0.25) is 0 Å². The summed E-state index contributed by atoms with van der Waals surface area (Å²) in [4.78, 5) is 0. The summed E-state index contributed by atoms with van der Waals surface area (Å²) >= 11 is 11.8. The van der Waals surface area contributed by atoms with Gasteiger partial charge >= 0.3 is 0 Å². The van der Waals surface area contributed by atoms with Crippen molar-refractivity contribution in [3.8, 4) is 0 Å². The van der Waals surface area contributed by atoms with Crippen LogP contribution in [0, 0.1) is 0 Å². The topological polar surface area (TPSA) is 35.2 Å². The van der Waals surface area contributed by atoms with E-state index in [2.05, 4.69) is 0 Å². The first-order chi connectivity index (χ1) is 7.84. The summed E-state index contributed by atoms with van der Waals surface area (Å²) in [6.07, 6.45) is 1.56. The number of benzene rings is 1. The second kappa shape index (κ2) is 6.05. The van der Waals surface area contributed by atoms with E-state index in [1.165, 1.54) is 0 Å². The van der Waals surface area contributed by atoms with Crippen LogP contribution in [0.2, 0.25) is 10.0 Å². The van der Waals surface area contributed by atoms with E-state index in [9.17, 15) is 0 Å². The van der Waals surface area contributed by atoms with E-state index in [1.54, 1.807) is 13.2 Å². The van der Waals surface area contributed by atoms with Gasteiger partial charge in [0.25, 0.3) is 0 Å². The summed E-state index contributed by atoms with van der Waals surface area (Å²) in [6, 6.07) is 5.66. The van der Waals surface area contributed by atoms with Crippen molar-refractivity contribution in [3.05, 3.63) is 33.8 Å². The van der Waals surface area contributed by atoms with Crippen LogP contribution in [-0.2, 0) is 11.2 Å². The molecule has 0 saturated carbocycles. The molecule has 1 unspecified atom stereocenters. The zero-order valence-electron chi connectivity index (χ0n) is 10.5. The van der Waals surface area contributed by atoms with Gasteiger partial charge in [-0.05, 0) is 44.4 Å². The number of hydrogen-bond acceptors (Lipinski definition) is 2. The number of hydrogen-bond donors (Lipinski definition) is 1. The molecule has 0 aliphatic carbocycles. The minimum Gasteiger partial charge on any atom is -0.379 e. The van der Waals surface area contributed by atoms with Crippen LogP contribution in [0.15, 0.2) is 18.2 Å². The lowest BCUT2D eigenvalue weighted by Crippen LogP contribution is -2.35. The Balaban J connectivity index is 2.62. The Morgan fingerprint density at radius 2 is 1.94 bits per heavy atom. The highest BCUT2D eigenvalue weighted by molar-refractivity contribution is 6.42. The normalized spacial score (nSPS) is 13.8. The lowest BCUT2D eigenvalue weighted by Gasteiger charge is -2.26. The molecule has 0 saturated heterocycles. The van der Waals surface area contributed by atoms with Crippen molar-refractivity contribution in [2.75, 3.05) is 7.11 Å². The molecule has 0 aliphatic rings. The zero-order chi connectivity index (χ0) is 13.1. The summed E-state index contributed by atoms with van der Waals surface area (Å²) in [5, 5.41) is 1.14. The van der Waals surface area contributed by atoms with E-state index in [4.69, 9.17) is 33.7 Å². The highest BCUT2D eigenvalue weighted by Gasteiger charge is 2.20. The Kier molecular flexibility index (Phi) is 5.26. The minimum absolute atomic E-state index is 0.0437. The van der Waals surface area contributed by atoms with Gasteiger partial charge in [-0.25, -0.2) is 0 Å². The van der Waals surface area contributed by atoms with Crippen LogP contribution in [0.4, 0.5) is 0 Å². The standard InChI is InChI=1S/C13H19Cl2NO/c1-13(2,17-3)8-10(16)6-9-4-5-11(14)12(15)7-9/h4-5,7,10H,6,8,16H2,1-3H3. The minimum atomic E-state index is -0.199. The van der Waals surface area contributed by atoms with Crippen LogP contribution >= 0.6 is 23.2 Å². The number of ether oxygens (including phenoxy) is 1. The molecule has 1 aromatic carbocycles. The molecule has 0 radical (unpaired) electrons. The molecule has 0 bridgehead atoms. The third kappa shape index (κ3) is 4.84. The van der Waals surface area contributed by atoms with E-state index in [0.29, 0.717) is 10.0 Å². The summed E-state index contributed by atoms with van der Waals surface area (Å²) in [6.45, 7) is 4.06. The van der Waals surface area contributed by atoms with Crippen LogP contribution in [-0.4, -0.2) is 18.8 Å². The van der Waals surface area contributed by atoms with Crippen molar-refractivity contribution in [2.24, 2.45) is 5.73 Å². The smallest absolute Gasteiger partial charge is 0.0637 e. The molecule has 2 N–H and O–H groups in total. The van der Waals surface area contributed by atoms with Crippen LogP contribution < -0.4 is 5.73 Å². The summed E-state index contributed by atoms with van der Waals surface area (Å²) in [5.41, 5.74) is 7.00. The Hall–Kier alpha value is -0.280. The summed E-state index contributed by atoms with van der Waals surface area (Å²) < 4.78 is 5.36. The fourth-order valence-corrected chi connectivity index (χ4v) is 2.08. The maximum absolute atomic E-state index is 6.10. The Labute approximate surface area is 113 Å². The van der Waals surface area contributed by atoms with Gasteiger partial charge in [0.05, 0.1) is 15.6 Å². The van der Waals surface area contributed by atoms with Crippen LogP contribution in [0.1, 0.15) is 25.8 Å². The molecule has 4 heteroatoms. The van der Waals surface area contributed by atoms with Crippen molar-refractivity contribution in [3.63, 3.8) is 0 Å². The largest absolute Gasteiger partial charge is 0.379 e. The third-order valence-corrected chi connectivity index (χ3v) is 3.53. The molecule has 1 aromatic rings. The first-order valence-electron chi connectivity index (χ1n) is 5.59. The van der Waals surface area contributed by atoms with Gasteiger partial charge in [-0.15, -0.1) is 0 Å². The molecule has 0 fully saturated rings. The van der Waals surface area contributed by atoms with Crippen molar-refractivity contribution in [1.82, 2.24) is 0 Å². The Morgan fingerprint density at radius 3 is 2.47 bits per heavy atom. The molecule has 2 nitrogen and oxygen atoms in total. The lowest BCUT2D eigenvalue weighted by molar-refractivity contribution is 0.0102. The average molecular weight is 276 g/mol. The van der Waals surface area contributed by atoms with E-state index in [0.717, 1.165) is 18.4 Å². The highest BCUT2D eigenvalue weighted by atomic mass is 35.5. The number of nitrogens with two attached hydrogens (primary N) is 1. The quantitative estimate of drug-likeness (QED) is 0.890. The van der Waals surface area contributed by atoms with Crippen LogP contribution in [0.25, 0.3) is 0 Å². The second-order valence-electron chi connectivity index (χ2n) is 4.88. The van der Waals surface area contributed by atoms with E-state index >= 15 is 0 Å². The predicted molar refractivity (Wildman–Crippen MR) is 73.8 cm³/mol. The third-order valence-electron chi connectivity index (χ3n) is 2.79. The van der Waals surface area contributed by atoms with Gasteiger partial charge < -0.3 is 10.5 Å². The molecule has 17 heavy (non-hydrogen) atoms. The molecule has 0 spiro atoms. The van der Waals surface area contributed by atoms with Crippen molar-refractivity contribution in [2.45, 2.75) is 38.3 Å². The average Bonchev–Trinajstić information content (AvgIpc) is 2.23. The van der Waals surface area contributed by atoms with Crippen molar-refractivity contribution >= 4 is 23.2 Å².